The van der Waals surface area contributed by atoms with Crippen LogP contribution in [0.25, 0.3) is 11.0 Å². The topological polar surface area (TPSA) is 27.1 Å². The van der Waals surface area contributed by atoms with Gasteiger partial charge in [0, 0.05) is 0 Å². The van der Waals surface area contributed by atoms with Gasteiger partial charge in [-0.3, -0.25) is 0 Å². The summed E-state index contributed by atoms with van der Waals surface area (Å²) in [6.45, 7) is 2.32. The van der Waals surface area contributed by atoms with Gasteiger partial charge in [-0.15, -0.1) is 0 Å². The lowest BCUT2D eigenvalue weighted by Gasteiger charge is -2.08. The number of halogens is 4. The van der Waals surface area contributed by atoms with Gasteiger partial charge in [-0.1, -0.05) is 46.4 Å². The van der Waals surface area contributed by atoms with Gasteiger partial charge in [-0.25, -0.2) is 4.98 Å². The summed E-state index contributed by atoms with van der Waals surface area (Å²) in [4.78, 5) is 9.38. The Kier molecular flexibility index (Phi) is 3.40. The lowest BCUT2D eigenvalue weighted by molar-refractivity contribution is 0.131. The second kappa shape index (κ2) is 4.49. The number of hydrogen-bond donors (Lipinski definition) is 0. The molecule has 2 aromatic rings. The van der Waals surface area contributed by atoms with E-state index in [4.69, 9.17) is 51.2 Å². The molecule has 0 unspecified atom stereocenters. The Morgan fingerprint density at radius 2 is 1.75 bits per heavy atom. The molecular weight excluding hydrogens is 294 g/mol. The highest BCUT2D eigenvalue weighted by molar-refractivity contribution is 6.54. The first-order chi connectivity index (χ1) is 7.57. The van der Waals surface area contributed by atoms with Crippen LogP contribution in [0.3, 0.4) is 0 Å². The van der Waals surface area contributed by atoms with E-state index in [0.29, 0.717) is 17.6 Å². The first-order valence-corrected chi connectivity index (χ1v) is 5.91. The number of fused-ring (bicyclic) bond motifs is 1. The standard InChI is InChI=1S/C9H6Cl4N2O/c1-2-16-15-3-14-8-6(12)4(10)5(11)7(13)9(8)15/h3H,2H2,1H3. The van der Waals surface area contributed by atoms with E-state index >= 15 is 0 Å². The molecule has 0 fully saturated rings. The van der Waals surface area contributed by atoms with Crippen LogP contribution in [0, 0.1) is 0 Å². The van der Waals surface area contributed by atoms with Gasteiger partial charge in [0.2, 0.25) is 0 Å². The lowest BCUT2D eigenvalue weighted by atomic mass is 10.3. The minimum Gasteiger partial charge on any atom is -0.413 e. The van der Waals surface area contributed by atoms with Gasteiger partial charge in [-0.2, -0.15) is 4.73 Å². The minimum atomic E-state index is 0.197. The fourth-order valence-corrected chi connectivity index (χ4v) is 2.30. The van der Waals surface area contributed by atoms with Crippen LogP contribution in [0.5, 0.6) is 0 Å². The molecule has 0 saturated carbocycles. The molecule has 0 amide bonds. The summed E-state index contributed by atoms with van der Waals surface area (Å²) in [5.74, 6) is 0. The maximum absolute atomic E-state index is 6.07. The van der Waals surface area contributed by atoms with Crippen LogP contribution in [0.1, 0.15) is 6.92 Å². The zero-order valence-electron chi connectivity index (χ0n) is 8.10. The largest absolute Gasteiger partial charge is 0.413 e. The number of hydrogen-bond acceptors (Lipinski definition) is 2. The van der Waals surface area contributed by atoms with Gasteiger partial charge < -0.3 is 4.84 Å². The van der Waals surface area contributed by atoms with Crippen molar-refractivity contribution in [1.82, 2.24) is 9.71 Å². The average Bonchev–Trinajstić information content (AvgIpc) is 2.68. The first-order valence-electron chi connectivity index (χ1n) is 4.40. The van der Waals surface area contributed by atoms with Gasteiger partial charge in [-0.05, 0) is 6.92 Å². The molecule has 0 N–H and O–H groups in total. The smallest absolute Gasteiger partial charge is 0.133 e. The van der Waals surface area contributed by atoms with Crippen molar-refractivity contribution >= 4 is 57.4 Å². The summed E-state index contributed by atoms with van der Waals surface area (Å²) >= 11 is 23.9. The normalized spacial score (nSPS) is 11.1. The number of nitrogens with zero attached hydrogens (tertiary/aromatic N) is 2. The van der Waals surface area contributed by atoms with Crippen LogP contribution in [-0.4, -0.2) is 16.3 Å². The van der Waals surface area contributed by atoms with E-state index in [9.17, 15) is 0 Å². The van der Waals surface area contributed by atoms with E-state index in [1.807, 2.05) is 6.92 Å². The molecule has 16 heavy (non-hydrogen) atoms. The van der Waals surface area contributed by atoms with Crippen molar-refractivity contribution in [3.8, 4) is 0 Å². The summed E-state index contributed by atoms with van der Waals surface area (Å²) in [5.41, 5.74) is 0.984. The fraction of sp³-hybridized carbons (Fsp3) is 0.222. The molecule has 0 saturated heterocycles. The Labute approximate surface area is 112 Å². The van der Waals surface area contributed by atoms with Crippen molar-refractivity contribution in [2.24, 2.45) is 0 Å². The summed E-state index contributed by atoms with van der Waals surface area (Å²) in [5, 5.41) is 0.936. The van der Waals surface area contributed by atoms with Crippen molar-refractivity contribution in [3.05, 3.63) is 26.4 Å². The third-order valence-corrected chi connectivity index (χ3v) is 3.78. The summed E-state index contributed by atoms with van der Waals surface area (Å²) < 4.78 is 1.42. The van der Waals surface area contributed by atoms with E-state index in [2.05, 4.69) is 4.98 Å². The highest BCUT2D eigenvalue weighted by Crippen LogP contribution is 2.42. The highest BCUT2D eigenvalue weighted by atomic mass is 35.5. The van der Waals surface area contributed by atoms with Crippen molar-refractivity contribution in [3.63, 3.8) is 0 Å². The summed E-state index contributed by atoms with van der Waals surface area (Å²) in [7, 11) is 0. The van der Waals surface area contributed by atoms with Gasteiger partial charge in [0.1, 0.15) is 24.0 Å². The molecule has 2 rings (SSSR count). The molecule has 1 heterocycles. The third kappa shape index (κ3) is 1.72. The van der Waals surface area contributed by atoms with Crippen LogP contribution in [-0.2, 0) is 0 Å². The molecule has 0 spiro atoms. The Bertz CT molecular complexity index is 552. The third-order valence-electron chi connectivity index (χ3n) is 2.00. The van der Waals surface area contributed by atoms with Crippen molar-refractivity contribution in [1.29, 1.82) is 0 Å². The molecule has 1 aromatic carbocycles. The van der Waals surface area contributed by atoms with Crippen molar-refractivity contribution in [2.45, 2.75) is 6.92 Å². The predicted molar refractivity (Wildman–Crippen MR) is 66.9 cm³/mol. The van der Waals surface area contributed by atoms with E-state index in [1.54, 1.807) is 0 Å². The number of imidazole rings is 1. The van der Waals surface area contributed by atoms with E-state index in [1.165, 1.54) is 11.1 Å². The molecule has 0 atom stereocenters. The number of benzene rings is 1. The van der Waals surface area contributed by atoms with Crippen molar-refractivity contribution < 1.29 is 4.84 Å². The molecule has 3 nitrogen and oxygen atoms in total. The van der Waals surface area contributed by atoms with Gasteiger partial charge >= 0.3 is 0 Å². The Morgan fingerprint density at radius 3 is 2.38 bits per heavy atom. The molecule has 86 valence electrons. The molecule has 0 aliphatic rings. The van der Waals surface area contributed by atoms with Crippen LogP contribution in [0.2, 0.25) is 20.1 Å². The zero-order chi connectivity index (χ0) is 11.9. The molecule has 0 aliphatic carbocycles. The average molecular weight is 300 g/mol. The van der Waals surface area contributed by atoms with E-state index < -0.39 is 0 Å². The van der Waals surface area contributed by atoms with E-state index in [-0.39, 0.29) is 20.1 Å². The number of rotatable bonds is 2. The van der Waals surface area contributed by atoms with Crippen molar-refractivity contribution in [2.75, 3.05) is 6.61 Å². The van der Waals surface area contributed by atoms with Crippen LogP contribution >= 0.6 is 46.4 Å². The first kappa shape index (κ1) is 12.1. The molecule has 0 radical (unpaired) electrons. The fourth-order valence-electron chi connectivity index (χ4n) is 1.33. The quantitative estimate of drug-likeness (QED) is 0.617. The molecular formula is C9H6Cl4N2O. The monoisotopic (exact) mass is 298 g/mol. The van der Waals surface area contributed by atoms with Gasteiger partial charge in [0.05, 0.1) is 20.1 Å². The second-order valence-electron chi connectivity index (χ2n) is 2.94. The maximum atomic E-state index is 6.07. The Morgan fingerprint density at radius 1 is 1.12 bits per heavy atom. The van der Waals surface area contributed by atoms with Crippen LogP contribution in [0.15, 0.2) is 6.33 Å². The second-order valence-corrected chi connectivity index (χ2v) is 4.45. The lowest BCUT2D eigenvalue weighted by Crippen LogP contribution is -2.09. The molecule has 7 heteroatoms. The zero-order valence-corrected chi connectivity index (χ0v) is 11.1. The van der Waals surface area contributed by atoms with Crippen LogP contribution < -0.4 is 4.84 Å². The summed E-state index contributed by atoms with van der Waals surface area (Å²) in [6, 6.07) is 0. The molecule has 0 aliphatic heterocycles. The predicted octanol–water partition coefficient (Wildman–Crippen LogP) is 4.10. The Balaban J connectivity index is 2.83. The van der Waals surface area contributed by atoms with Gasteiger partial charge in [0.25, 0.3) is 0 Å². The minimum absolute atomic E-state index is 0.197. The maximum Gasteiger partial charge on any atom is 0.133 e. The van der Waals surface area contributed by atoms with Gasteiger partial charge in [0.15, 0.2) is 0 Å². The summed E-state index contributed by atoms with van der Waals surface area (Å²) in [6.07, 6.45) is 1.47. The molecule has 0 bridgehead atoms. The van der Waals surface area contributed by atoms with Crippen LogP contribution in [0.4, 0.5) is 0 Å². The van der Waals surface area contributed by atoms with E-state index in [0.717, 1.165) is 0 Å². The molecule has 1 aromatic heterocycles. The number of aromatic nitrogens is 2. The Hall–Kier alpha value is -0.350. The SMILES string of the molecule is CCOn1cnc2c(Cl)c(Cl)c(Cl)c(Cl)c21. The highest BCUT2D eigenvalue weighted by Gasteiger charge is 2.19.